The van der Waals surface area contributed by atoms with Crippen LogP contribution >= 0.6 is 0 Å². The largest absolute Gasteiger partial charge is 0.385 e. The van der Waals surface area contributed by atoms with Gasteiger partial charge in [0, 0.05) is 51.8 Å². The number of amides is 2. The molecular formula is C18H24N6O3. The number of nitrogens with one attached hydrogen (secondary N) is 2. The van der Waals surface area contributed by atoms with Crippen molar-refractivity contribution in [3.8, 4) is 0 Å². The molecule has 1 aromatic heterocycles. The zero-order valence-corrected chi connectivity index (χ0v) is 15.7. The molecular weight excluding hydrogens is 348 g/mol. The van der Waals surface area contributed by atoms with Crippen molar-refractivity contribution < 1.29 is 14.3 Å². The summed E-state index contributed by atoms with van der Waals surface area (Å²) in [5, 5.41) is 6.14. The van der Waals surface area contributed by atoms with Crippen molar-refractivity contribution in [3.05, 3.63) is 36.0 Å². The maximum absolute atomic E-state index is 11.6. The summed E-state index contributed by atoms with van der Waals surface area (Å²) in [4.78, 5) is 33.0. The van der Waals surface area contributed by atoms with E-state index in [2.05, 4.69) is 20.6 Å². The minimum Gasteiger partial charge on any atom is -0.385 e. The normalized spacial score (nSPS) is 10.3. The van der Waals surface area contributed by atoms with E-state index in [0.29, 0.717) is 24.9 Å². The Morgan fingerprint density at radius 2 is 1.96 bits per heavy atom. The fourth-order valence-electron chi connectivity index (χ4n) is 2.26. The lowest BCUT2D eigenvalue weighted by atomic mass is 10.2. The average Bonchev–Trinajstić information content (AvgIpc) is 2.65. The number of rotatable bonds is 9. The smallest absolute Gasteiger partial charge is 0.254 e. The first-order chi connectivity index (χ1) is 12.9. The Labute approximate surface area is 157 Å². The van der Waals surface area contributed by atoms with Crippen molar-refractivity contribution >= 4 is 35.0 Å². The maximum atomic E-state index is 11.6. The number of nitrogens with zero attached hydrogens (tertiary/aromatic N) is 3. The number of carbonyl (C=O) groups is 2. The topological polar surface area (TPSA) is 122 Å². The third-order valence-electron chi connectivity index (χ3n) is 3.85. The summed E-state index contributed by atoms with van der Waals surface area (Å²) in [5.41, 5.74) is 7.12. The van der Waals surface area contributed by atoms with E-state index in [1.165, 1.54) is 13.1 Å². The number of carbonyl (C=O) groups excluding carboxylic acids is 2. The molecule has 0 spiro atoms. The predicted molar refractivity (Wildman–Crippen MR) is 104 cm³/mol. The van der Waals surface area contributed by atoms with Crippen LogP contribution in [0.5, 0.6) is 0 Å². The van der Waals surface area contributed by atoms with Gasteiger partial charge in [0.2, 0.25) is 11.9 Å². The van der Waals surface area contributed by atoms with E-state index in [1.54, 1.807) is 19.1 Å². The number of aromatic nitrogens is 2. The van der Waals surface area contributed by atoms with E-state index >= 15 is 0 Å². The van der Waals surface area contributed by atoms with Gasteiger partial charge in [-0.25, -0.2) is 4.98 Å². The van der Waals surface area contributed by atoms with Crippen LogP contribution in [0.2, 0.25) is 0 Å². The molecule has 0 radical (unpaired) electrons. The van der Waals surface area contributed by atoms with E-state index in [-0.39, 0.29) is 11.5 Å². The van der Waals surface area contributed by atoms with Crippen molar-refractivity contribution in [2.75, 3.05) is 42.8 Å². The summed E-state index contributed by atoms with van der Waals surface area (Å²) in [6.45, 7) is 2.67. The zero-order valence-electron chi connectivity index (χ0n) is 15.7. The summed E-state index contributed by atoms with van der Waals surface area (Å²) in [6, 6.07) is 7.24. The Hall–Kier alpha value is -3.20. The summed E-state index contributed by atoms with van der Waals surface area (Å²) in [7, 11) is 3.33. The van der Waals surface area contributed by atoms with Gasteiger partial charge in [0.1, 0.15) is 5.82 Å². The van der Waals surface area contributed by atoms with Gasteiger partial charge in [0.05, 0.1) is 5.56 Å². The van der Waals surface area contributed by atoms with Crippen LogP contribution in [0.3, 0.4) is 0 Å². The maximum Gasteiger partial charge on any atom is 0.254 e. The first kappa shape index (κ1) is 20.1. The summed E-state index contributed by atoms with van der Waals surface area (Å²) in [6.07, 6.45) is 2.14. The molecule has 0 aliphatic carbocycles. The van der Waals surface area contributed by atoms with Crippen LogP contribution in [0.4, 0.5) is 23.1 Å². The monoisotopic (exact) mass is 372 g/mol. The molecule has 144 valence electrons. The van der Waals surface area contributed by atoms with Crippen LogP contribution in [0, 0.1) is 0 Å². The van der Waals surface area contributed by atoms with Gasteiger partial charge in [-0.2, -0.15) is 4.98 Å². The third-order valence-corrected chi connectivity index (χ3v) is 3.85. The minimum absolute atomic E-state index is 0.0507. The highest BCUT2D eigenvalue weighted by atomic mass is 16.5. The number of ether oxygens (including phenoxy) is 1. The highest BCUT2D eigenvalue weighted by Crippen LogP contribution is 2.21. The van der Waals surface area contributed by atoms with Crippen LogP contribution in [-0.2, 0) is 9.53 Å². The molecule has 1 aromatic carbocycles. The Kier molecular flexibility index (Phi) is 7.07. The van der Waals surface area contributed by atoms with Crippen LogP contribution in [-0.4, -0.2) is 49.1 Å². The lowest BCUT2D eigenvalue weighted by Crippen LogP contribution is -2.22. The van der Waals surface area contributed by atoms with Crippen LogP contribution in [0.15, 0.2) is 30.5 Å². The van der Waals surface area contributed by atoms with Crippen molar-refractivity contribution in [3.63, 3.8) is 0 Å². The highest BCUT2D eigenvalue weighted by molar-refractivity contribution is 5.97. The van der Waals surface area contributed by atoms with Crippen LogP contribution in [0.25, 0.3) is 0 Å². The van der Waals surface area contributed by atoms with Crippen molar-refractivity contribution in [2.45, 2.75) is 13.3 Å². The Morgan fingerprint density at radius 1 is 1.26 bits per heavy atom. The Balaban J connectivity index is 2.13. The molecule has 0 atom stereocenters. The number of nitrogens with two attached hydrogens (primary N) is 1. The van der Waals surface area contributed by atoms with Gasteiger partial charge in [-0.05, 0) is 30.7 Å². The van der Waals surface area contributed by atoms with Gasteiger partial charge in [-0.1, -0.05) is 0 Å². The van der Waals surface area contributed by atoms with Gasteiger partial charge in [-0.15, -0.1) is 0 Å². The number of anilines is 4. The van der Waals surface area contributed by atoms with E-state index in [1.807, 2.05) is 24.3 Å². The molecule has 0 fully saturated rings. The second-order valence-electron chi connectivity index (χ2n) is 5.84. The SMILES string of the molecule is COCCCNc1nc(Nc2ccc(N(C)C(C)=O)cc2)ncc1C(N)=O. The zero-order chi connectivity index (χ0) is 19.8. The van der Waals surface area contributed by atoms with Gasteiger partial charge >= 0.3 is 0 Å². The minimum atomic E-state index is -0.604. The predicted octanol–water partition coefficient (Wildman–Crippen LogP) is 1.75. The number of hydrogen-bond donors (Lipinski definition) is 3. The average molecular weight is 372 g/mol. The molecule has 2 amide bonds. The van der Waals surface area contributed by atoms with E-state index in [9.17, 15) is 9.59 Å². The second-order valence-corrected chi connectivity index (χ2v) is 5.84. The van der Waals surface area contributed by atoms with Crippen LogP contribution in [0.1, 0.15) is 23.7 Å². The Bertz CT molecular complexity index is 794. The van der Waals surface area contributed by atoms with Gasteiger partial charge < -0.3 is 26.0 Å². The van der Waals surface area contributed by atoms with Gasteiger partial charge in [0.25, 0.3) is 5.91 Å². The number of benzene rings is 1. The number of hydrogen-bond acceptors (Lipinski definition) is 7. The molecule has 2 rings (SSSR count). The molecule has 27 heavy (non-hydrogen) atoms. The first-order valence-electron chi connectivity index (χ1n) is 8.43. The van der Waals surface area contributed by atoms with Crippen molar-refractivity contribution in [1.29, 1.82) is 0 Å². The lowest BCUT2D eigenvalue weighted by molar-refractivity contribution is -0.116. The quantitative estimate of drug-likeness (QED) is 0.573. The first-order valence-corrected chi connectivity index (χ1v) is 8.43. The summed E-state index contributed by atoms with van der Waals surface area (Å²) < 4.78 is 5.00. The molecule has 0 saturated carbocycles. The third kappa shape index (κ3) is 5.65. The molecule has 1 heterocycles. The van der Waals surface area contributed by atoms with Crippen molar-refractivity contribution in [2.24, 2.45) is 5.73 Å². The fraction of sp³-hybridized carbons (Fsp3) is 0.333. The van der Waals surface area contributed by atoms with E-state index in [0.717, 1.165) is 17.8 Å². The highest BCUT2D eigenvalue weighted by Gasteiger charge is 2.12. The van der Waals surface area contributed by atoms with E-state index in [4.69, 9.17) is 10.5 Å². The molecule has 0 saturated heterocycles. The lowest BCUT2D eigenvalue weighted by Gasteiger charge is -2.15. The fourth-order valence-corrected chi connectivity index (χ4v) is 2.26. The number of methoxy groups -OCH3 is 1. The summed E-state index contributed by atoms with van der Waals surface area (Å²) >= 11 is 0. The molecule has 0 aliphatic heterocycles. The standard InChI is InChI=1S/C18H24N6O3/c1-12(25)24(2)14-7-5-13(6-8-14)22-18-21-11-15(16(19)26)17(23-18)20-9-4-10-27-3/h5-8,11H,4,9-10H2,1-3H3,(H2,19,26)(H2,20,21,22,23). The molecule has 0 aliphatic rings. The number of primary amides is 1. The summed E-state index contributed by atoms with van der Waals surface area (Å²) in [5.74, 6) is 0.0311. The Morgan fingerprint density at radius 3 is 2.56 bits per heavy atom. The molecule has 9 heteroatoms. The van der Waals surface area contributed by atoms with E-state index < -0.39 is 5.91 Å². The van der Waals surface area contributed by atoms with Crippen LogP contribution < -0.4 is 21.3 Å². The van der Waals surface area contributed by atoms with Gasteiger partial charge in [0.15, 0.2) is 0 Å². The second kappa shape index (κ2) is 9.48. The van der Waals surface area contributed by atoms with Crippen molar-refractivity contribution in [1.82, 2.24) is 9.97 Å². The molecule has 0 bridgehead atoms. The van der Waals surface area contributed by atoms with Gasteiger partial charge in [-0.3, -0.25) is 9.59 Å². The molecule has 9 nitrogen and oxygen atoms in total. The molecule has 2 aromatic rings. The molecule has 4 N–H and O–H groups in total. The molecule has 0 unspecified atom stereocenters.